The van der Waals surface area contributed by atoms with Crippen LogP contribution in [0.3, 0.4) is 0 Å². The summed E-state index contributed by atoms with van der Waals surface area (Å²) in [5, 5.41) is 0. The van der Waals surface area contributed by atoms with Crippen molar-refractivity contribution in [1.29, 1.82) is 0 Å². The Kier molecular flexibility index (Phi) is 4.03. The predicted octanol–water partition coefficient (Wildman–Crippen LogP) is 6.51. The number of pyridine rings is 1. The van der Waals surface area contributed by atoms with Crippen molar-refractivity contribution in [2.45, 2.75) is 58.7 Å². The first kappa shape index (κ1) is 16.4. The Morgan fingerprint density at radius 3 is 2.45 bits per heavy atom. The van der Waals surface area contributed by atoms with Gasteiger partial charge in [-0.1, -0.05) is 55.7 Å². The molecule has 0 aliphatic heterocycles. The summed E-state index contributed by atoms with van der Waals surface area (Å²) < 4.78 is 20.4. The highest BCUT2D eigenvalue weighted by Crippen LogP contribution is 2.48. The van der Waals surface area contributed by atoms with Crippen molar-refractivity contribution in [2.24, 2.45) is 12.5 Å². The van der Waals surface area contributed by atoms with Gasteiger partial charge in [0.1, 0.15) is 7.05 Å². The van der Waals surface area contributed by atoms with Crippen LogP contribution in [0, 0.1) is 19.3 Å². The van der Waals surface area contributed by atoms with E-state index in [1.807, 2.05) is 0 Å². The number of benzene rings is 2. The van der Waals surface area contributed by atoms with Crippen LogP contribution in [0.15, 0.2) is 54.7 Å². The molecule has 3 aromatic rings. The summed E-state index contributed by atoms with van der Waals surface area (Å²) in [7, 11) is 2.10. The van der Waals surface area contributed by atoms with E-state index in [0.717, 1.165) is 43.2 Å². The zero-order valence-electron chi connectivity index (χ0n) is 19.9. The Hall–Kier alpha value is -2.41. The van der Waals surface area contributed by atoms with Crippen LogP contribution in [-0.2, 0) is 19.8 Å². The third kappa shape index (κ3) is 3.31. The molecule has 1 fully saturated rings. The van der Waals surface area contributed by atoms with Crippen LogP contribution in [0.1, 0.15) is 57.1 Å². The number of aryl methyl sites for hydroxylation is 3. The first-order valence-electron chi connectivity index (χ1n) is 12.0. The van der Waals surface area contributed by atoms with E-state index in [0.29, 0.717) is 0 Å². The van der Waals surface area contributed by atoms with Crippen LogP contribution >= 0.6 is 0 Å². The zero-order valence-corrected chi connectivity index (χ0v) is 17.9. The van der Waals surface area contributed by atoms with Crippen molar-refractivity contribution < 1.29 is 7.31 Å². The standard InChI is InChI=1S/C28H32N/c1-20-9-5-6-10-25(20)27-16-26(21(2)19-29(27)3)22-11-12-23-17-28(18-24(23)15-22)13-7-4-8-14-28/h5-6,9-12,15-16,19H,4,7-8,13-14,17-18H2,1-3H3/q+1/i18D2. The van der Waals surface area contributed by atoms with Crippen molar-refractivity contribution in [3.05, 3.63) is 77.0 Å². The topological polar surface area (TPSA) is 3.88 Å². The van der Waals surface area contributed by atoms with Crippen molar-refractivity contribution >= 4 is 0 Å². The minimum Gasteiger partial charge on any atom is -0.201 e. The number of hydrogen-bond acceptors (Lipinski definition) is 0. The van der Waals surface area contributed by atoms with E-state index in [4.69, 9.17) is 2.74 Å². The minimum absolute atomic E-state index is 0.198. The van der Waals surface area contributed by atoms with Gasteiger partial charge >= 0.3 is 0 Å². The highest BCUT2D eigenvalue weighted by atomic mass is 14.9. The Morgan fingerprint density at radius 1 is 0.862 bits per heavy atom. The van der Waals surface area contributed by atoms with Gasteiger partial charge in [0.05, 0.1) is 0 Å². The van der Waals surface area contributed by atoms with Gasteiger partial charge in [0, 0.05) is 19.9 Å². The van der Waals surface area contributed by atoms with E-state index in [-0.39, 0.29) is 5.41 Å². The van der Waals surface area contributed by atoms with Crippen molar-refractivity contribution in [3.63, 3.8) is 0 Å². The molecule has 2 aliphatic rings. The molecule has 1 nitrogen and oxygen atoms in total. The highest BCUT2D eigenvalue weighted by Gasteiger charge is 2.38. The molecule has 0 radical (unpaired) electrons. The van der Waals surface area contributed by atoms with Gasteiger partial charge in [-0.3, -0.25) is 0 Å². The summed E-state index contributed by atoms with van der Waals surface area (Å²) in [6.45, 7) is 4.31. The monoisotopic (exact) mass is 384 g/mol. The molecule has 5 rings (SSSR count). The highest BCUT2D eigenvalue weighted by molar-refractivity contribution is 5.73. The Balaban J connectivity index is 1.62. The summed E-state index contributed by atoms with van der Waals surface area (Å²) >= 11 is 0. The van der Waals surface area contributed by atoms with Crippen LogP contribution in [0.5, 0.6) is 0 Å². The van der Waals surface area contributed by atoms with E-state index >= 15 is 0 Å². The molecule has 0 bridgehead atoms. The average Bonchev–Trinajstić information content (AvgIpc) is 2.95. The lowest BCUT2D eigenvalue weighted by Crippen LogP contribution is -2.31. The molecule has 29 heavy (non-hydrogen) atoms. The molecule has 0 N–H and O–H groups in total. The summed E-state index contributed by atoms with van der Waals surface area (Å²) in [4.78, 5) is 0. The van der Waals surface area contributed by atoms with E-state index in [9.17, 15) is 0 Å². The number of aromatic nitrogens is 1. The second kappa shape index (κ2) is 7.13. The maximum Gasteiger partial charge on any atom is 0.213 e. The molecule has 1 saturated carbocycles. The lowest BCUT2D eigenvalue weighted by Gasteiger charge is -2.33. The fourth-order valence-corrected chi connectivity index (χ4v) is 5.46. The summed E-state index contributed by atoms with van der Waals surface area (Å²) in [6.07, 6.45) is 7.45. The van der Waals surface area contributed by atoms with Gasteiger partial charge < -0.3 is 0 Å². The van der Waals surface area contributed by atoms with Gasteiger partial charge in [-0.25, -0.2) is 4.57 Å². The molecule has 0 atom stereocenters. The molecular formula is C28H32N+. The van der Waals surface area contributed by atoms with Gasteiger partial charge in [-0.15, -0.1) is 0 Å². The first-order valence-corrected chi connectivity index (χ1v) is 11.0. The Bertz CT molecular complexity index is 1160. The molecule has 0 unspecified atom stereocenters. The average molecular weight is 385 g/mol. The molecule has 148 valence electrons. The molecular weight excluding hydrogens is 350 g/mol. The molecule has 1 aromatic heterocycles. The number of rotatable bonds is 2. The normalized spacial score (nSPS) is 20.2. The van der Waals surface area contributed by atoms with Gasteiger partial charge in [0.15, 0.2) is 6.20 Å². The van der Waals surface area contributed by atoms with E-state index < -0.39 is 6.37 Å². The smallest absolute Gasteiger partial charge is 0.201 e. The van der Waals surface area contributed by atoms with Crippen LogP contribution in [0.25, 0.3) is 22.4 Å². The van der Waals surface area contributed by atoms with Gasteiger partial charge in [0.25, 0.3) is 0 Å². The second-order valence-electron chi connectivity index (χ2n) is 9.20. The maximum atomic E-state index is 9.12. The number of fused-ring (bicyclic) bond motifs is 1. The molecule has 1 heteroatoms. The zero-order chi connectivity index (χ0) is 21.8. The van der Waals surface area contributed by atoms with E-state index in [2.05, 4.69) is 80.2 Å². The second-order valence-corrected chi connectivity index (χ2v) is 9.20. The van der Waals surface area contributed by atoms with Crippen LogP contribution in [-0.4, -0.2) is 0 Å². The van der Waals surface area contributed by atoms with Crippen LogP contribution < -0.4 is 4.57 Å². The first-order chi connectivity index (χ1) is 14.8. The van der Waals surface area contributed by atoms with Crippen LogP contribution in [0.4, 0.5) is 0 Å². The lowest BCUT2D eigenvalue weighted by atomic mass is 9.72. The van der Waals surface area contributed by atoms with Crippen molar-refractivity contribution in [2.75, 3.05) is 0 Å². The largest absolute Gasteiger partial charge is 0.213 e. The molecule has 2 aromatic carbocycles. The maximum absolute atomic E-state index is 9.12. The van der Waals surface area contributed by atoms with Crippen LogP contribution in [0.2, 0.25) is 0 Å². The van der Waals surface area contributed by atoms with Gasteiger partial charge in [-0.2, -0.15) is 0 Å². The molecule has 2 aliphatic carbocycles. The fourth-order valence-electron chi connectivity index (χ4n) is 5.46. The van der Waals surface area contributed by atoms with Crippen molar-refractivity contribution in [3.8, 4) is 22.4 Å². The third-order valence-electron chi connectivity index (χ3n) is 7.05. The van der Waals surface area contributed by atoms with E-state index in [1.165, 1.54) is 39.9 Å². The third-order valence-corrected chi connectivity index (χ3v) is 7.05. The van der Waals surface area contributed by atoms with E-state index in [1.54, 1.807) is 0 Å². The predicted molar refractivity (Wildman–Crippen MR) is 121 cm³/mol. The summed E-state index contributed by atoms with van der Waals surface area (Å²) in [6, 6.07) is 17.3. The minimum atomic E-state index is -1.25. The number of hydrogen-bond donors (Lipinski definition) is 0. The van der Waals surface area contributed by atoms with Gasteiger partial charge in [0.2, 0.25) is 5.69 Å². The Labute approximate surface area is 178 Å². The SMILES string of the molecule is [2H]C1([2H])c2cc(-c3cc(-c4ccccc4C)[n+](C)cc3C)ccc2CC12CCCCC2. The molecule has 1 spiro atoms. The lowest BCUT2D eigenvalue weighted by molar-refractivity contribution is -0.660. The van der Waals surface area contributed by atoms with Crippen molar-refractivity contribution in [1.82, 2.24) is 0 Å². The molecule has 0 saturated heterocycles. The van der Waals surface area contributed by atoms with Gasteiger partial charge in [-0.05, 0) is 78.8 Å². The summed E-state index contributed by atoms with van der Waals surface area (Å²) in [5.74, 6) is 0. The number of nitrogens with zero attached hydrogens (tertiary/aromatic N) is 1. The fraction of sp³-hybridized carbons (Fsp3) is 0.393. The Morgan fingerprint density at radius 2 is 1.66 bits per heavy atom. The quantitative estimate of drug-likeness (QED) is 0.443. The summed E-state index contributed by atoms with van der Waals surface area (Å²) in [5.41, 5.74) is 9.17. The molecule has 0 amide bonds. The molecule has 1 heterocycles.